The van der Waals surface area contributed by atoms with E-state index in [4.69, 9.17) is 12.2 Å². The van der Waals surface area contributed by atoms with Crippen LogP contribution in [0.3, 0.4) is 0 Å². The normalized spacial score (nSPS) is 18.1. The molecule has 1 saturated heterocycles. The van der Waals surface area contributed by atoms with E-state index in [1.807, 2.05) is 13.1 Å². The predicted octanol–water partition coefficient (Wildman–Crippen LogP) is 0.248. The lowest BCUT2D eigenvalue weighted by Crippen LogP contribution is -2.21. The molecule has 6 heteroatoms. The molecule has 0 saturated carbocycles. The Bertz CT molecular complexity index is 449. The van der Waals surface area contributed by atoms with E-state index in [-0.39, 0.29) is 5.91 Å². The van der Waals surface area contributed by atoms with Crippen LogP contribution in [0.25, 0.3) is 6.08 Å². The van der Waals surface area contributed by atoms with Gasteiger partial charge in [-0.25, -0.2) is 0 Å². The summed E-state index contributed by atoms with van der Waals surface area (Å²) < 4.78 is 1.79. The molecule has 0 aromatic carbocycles. The summed E-state index contributed by atoms with van der Waals surface area (Å²) in [5, 5.41) is 9.71. The second kappa shape index (κ2) is 3.82. The molecular weight excluding hydrogens is 212 g/mol. The Balaban J connectivity index is 2.22. The molecule has 1 amide bonds. The van der Waals surface area contributed by atoms with Crippen molar-refractivity contribution in [3.8, 4) is 0 Å². The molecule has 0 aliphatic carbocycles. The molecule has 1 fully saturated rings. The molecule has 5 nitrogen and oxygen atoms in total. The van der Waals surface area contributed by atoms with Gasteiger partial charge in [0.25, 0.3) is 5.91 Å². The van der Waals surface area contributed by atoms with E-state index in [0.717, 1.165) is 12.1 Å². The second-order valence-corrected chi connectivity index (χ2v) is 3.50. The molecule has 15 heavy (non-hydrogen) atoms. The topological polar surface area (TPSA) is 59.0 Å². The molecular formula is C9H10N4OS. The number of amides is 1. The highest BCUT2D eigenvalue weighted by Crippen LogP contribution is 2.07. The van der Waals surface area contributed by atoms with Crippen molar-refractivity contribution in [3.63, 3.8) is 0 Å². The van der Waals surface area contributed by atoms with E-state index >= 15 is 0 Å². The van der Waals surface area contributed by atoms with Gasteiger partial charge >= 0.3 is 0 Å². The maximum Gasteiger partial charge on any atom is 0.273 e. The van der Waals surface area contributed by atoms with E-state index < -0.39 is 0 Å². The van der Waals surface area contributed by atoms with Crippen molar-refractivity contribution in [2.24, 2.45) is 0 Å². The molecule has 78 valence electrons. The number of carbonyl (C=O) groups excluding carboxylic acids is 1. The van der Waals surface area contributed by atoms with Gasteiger partial charge in [-0.1, -0.05) is 0 Å². The van der Waals surface area contributed by atoms with Gasteiger partial charge < -0.3 is 5.32 Å². The SMILES string of the molecule is CCn1cc(C=C2NC(=S)NC2=O)cn1. The van der Waals surface area contributed by atoms with Crippen molar-refractivity contribution in [2.75, 3.05) is 0 Å². The molecule has 2 N–H and O–H groups in total. The number of hydrogen-bond acceptors (Lipinski definition) is 3. The van der Waals surface area contributed by atoms with Crippen LogP contribution in [0, 0.1) is 0 Å². The summed E-state index contributed by atoms with van der Waals surface area (Å²) in [7, 11) is 0. The first-order valence-corrected chi connectivity index (χ1v) is 4.96. The number of nitrogens with zero attached hydrogens (tertiary/aromatic N) is 2. The monoisotopic (exact) mass is 222 g/mol. The van der Waals surface area contributed by atoms with Gasteiger partial charge in [-0.05, 0) is 25.2 Å². The van der Waals surface area contributed by atoms with Gasteiger partial charge in [0.05, 0.1) is 6.20 Å². The fraction of sp³-hybridized carbons (Fsp3) is 0.222. The Kier molecular flexibility index (Phi) is 2.51. The number of nitrogens with one attached hydrogen (secondary N) is 2. The molecule has 0 spiro atoms. The lowest BCUT2D eigenvalue weighted by molar-refractivity contribution is -0.115. The zero-order valence-corrected chi connectivity index (χ0v) is 8.97. The third-order valence-electron chi connectivity index (χ3n) is 2.01. The van der Waals surface area contributed by atoms with E-state index in [1.165, 1.54) is 0 Å². The lowest BCUT2D eigenvalue weighted by atomic mass is 10.3. The van der Waals surface area contributed by atoms with E-state index in [9.17, 15) is 4.79 Å². The standard InChI is InChI=1S/C9H10N4OS/c1-2-13-5-6(4-10-13)3-7-8(14)12-9(15)11-7/h3-5H,2H2,1H3,(H2,11,12,14,15). The van der Waals surface area contributed by atoms with Gasteiger partial charge in [0.2, 0.25) is 0 Å². The number of carbonyl (C=O) groups is 1. The number of thiocarbonyl (C=S) groups is 1. The van der Waals surface area contributed by atoms with Crippen LogP contribution in [0.4, 0.5) is 0 Å². The first-order chi connectivity index (χ1) is 7.19. The first-order valence-electron chi connectivity index (χ1n) is 4.55. The van der Waals surface area contributed by atoms with Crippen LogP contribution in [0.1, 0.15) is 12.5 Å². The number of hydrogen-bond donors (Lipinski definition) is 2. The van der Waals surface area contributed by atoms with E-state index in [0.29, 0.717) is 10.8 Å². The second-order valence-electron chi connectivity index (χ2n) is 3.10. The van der Waals surface area contributed by atoms with Gasteiger partial charge in [-0.2, -0.15) is 5.10 Å². The van der Waals surface area contributed by atoms with E-state index in [2.05, 4.69) is 15.7 Å². The Labute approximate surface area is 92.2 Å². The highest BCUT2D eigenvalue weighted by atomic mass is 32.1. The van der Waals surface area contributed by atoms with Crippen molar-refractivity contribution >= 4 is 29.3 Å². The minimum Gasteiger partial charge on any atom is -0.328 e. The summed E-state index contributed by atoms with van der Waals surface area (Å²) in [6.07, 6.45) is 5.28. The smallest absolute Gasteiger partial charge is 0.273 e. The van der Waals surface area contributed by atoms with Gasteiger partial charge in [0, 0.05) is 18.3 Å². The zero-order valence-electron chi connectivity index (χ0n) is 8.15. The summed E-state index contributed by atoms with van der Waals surface area (Å²) in [5.74, 6) is -0.204. The maximum atomic E-state index is 11.3. The Morgan fingerprint density at radius 1 is 1.60 bits per heavy atom. The molecule has 1 aromatic rings. The average molecular weight is 222 g/mol. The Morgan fingerprint density at radius 3 is 2.93 bits per heavy atom. The predicted molar refractivity (Wildman–Crippen MR) is 59.8 cm³/mol. The first kappa shape index (κ1) is 9.85. The molecule has 0 atom stereocenters. The summed E-state index contributed by atoms with van der Waals surface area (Å²) in [6.45, 7) is 2.81. The third-order valence-corrected chi connectivity index (χ3v) is 2.21. The van der Waals surface area contributed by atoms with E-state index in [1.54, 1.807) is 17.0 Å². The number of rotatable bonds is 2. The number of aryl methyl sites for hydroxylation is 1. The van der Waals surface area contributed by atoms with Crippen LogP contribution in [-0.4, -0.2) is 20.8 Å². The molecule has 1 aromatic heterocycles. The van der Waals surface area contributed by atoms with Crippen LogP contribution < -0.4 is 10.6 Å². The van der Waals surface area contributed by atoms with Crippen LogP contribution in [0.2, 0.25) is 0 Å². The highest BCUT2D eigenvalue weighted by molar-refractivity contribution is 7.80. The minimum absolute atomic E-state index is 0.204. The van der Waals surface area contributed by atoms with Crippen molar-refractivity contribution in [3.05, 3.63) is 23.7 Å². The zero-order chi connectivity index (χ0) is 10.8. The van der Waals surface area contributed by atoms with Crippen molar-refractivity contribution in [1.82, 2.24) is 20.4 Å². The largest absolute Gasteiger partial charge is 0.328 e. The Morgan fingerprint density at radius 2 is 2.40 bits per heavy atom. The molecule has 2 heterocycles. The molecule has 1 aliphatic rings. The van der Waals surface area contributed by atoms with Gasteiger partial charge in [0.1, 0.15) is 5.70 Å². The van der Waals surface area contributed by atoms with Gasteiger partial charge in [-0.3, -0.25) is 14.8 Å². The molecule has 2 rings (SSSR count). The van der Waals surface area contributed by atoms with Crippen LogP contribution >= 0.6 is 12.2 Å². The molecule has 0 unspecified atom stereocenters. The quantitative estimate of drug-likeness (QED) is 0.556. The summed E-state index contributed by atoms with van der Waals surface area (Å²) >= 11 is 4.81. The fourth-order valence-corrected chi connectivity index (χ4v) is 1.48. The van der Waals surface area contributed by atoms with Crippen LogP contribution in [0.5, 0.6) is 0 Å². The third kappa shape index (κ3) is 2.04. The summed E-state index contributed by atoms with van der Waals surface area (Å²) in [6, 6.07) is 0. The van der Waals surface area contributed by atoms with Crippen molar-refractivity contribution < 1.29 is 4.79 Å². The Hall–Kier alpha value is -1.69. The minimum atomic E-state index is -0.204. The highest BCUT2D eigenvalue weighted by Gasteiger charge is 2.19. The van der Waals surface area contributed by atoms with Crippen LogP contribution in [0.15, 0.2) is 18.1 Å². The van der Waals surface area contributed by atoms with Crippen LogP contribution in [-0.2, 0) is 11.3 Å². The fourth-order valence-electron chi connectivity index (χ4n) is 1.28. The maximum absolute atomic E-state index is 11.3. The van der Waals surface area contributed by atoms with Gasteiger partial charge in [-0.15, -0.1) is 0 Å². The van der Waals surface area contributed by atoms with Gasteiger partial charge in [0.15, 0.2) is 5.11 Å². The molecule has 0 bridgehead atoms. The summed E-state index contributed by atoms with van der Waals surface area (Å²) in [5.41, 5.74) is 1.33. The van der Waals surface area contributed by atoms with Crippen molar-refractivity contribution in [1.29, 1.82) is 0 Å². The van der Waals surface area contributed by atoms with Crippen molar-refractivity contribution in [2.45, 2.75) is 13.5 Å². The average Bonchev–Trinajstić information content (AvgIpc) is 2.75. The lowest BCUT2D eigenvalue weighted by Gasteiger charge is -1.92. The molecule has 0 radical (unpaired) electrons. The molecule has 1 aliphatic heterocycles. The summed E-state index contributed by atoms with van der Waals surface area (Å²) in [4.78, 5) is 11.3. The number of aromatic nitrogens is 2.